The molecule has 1 saturated carbocycles. The number of nitrogens with zero attached hydrogens (tertiary/aromatic N) is 2. The van der Waals surface area contributed by atoms with Gasteiger partial charge in [-0.15, -0.1) is 0 Å². The van der Waals surface area contributed by atoms with Gasteiger partial charge in [0, 0.05) is 5.56 Å². The van der Waals surface area contributed by atoms with Gasteiger partial charge in [-0.2, -0.15) is 23.4 Å². The standard InChI is InChI=1S/C16H18F3N3O/c1-23-15-11(8-13(21)14(9-20)22-15)5-2-10-3-6-12(7-4-10)16(17,18)19/h2,5,8,10,12H,3-4,6-7,21H2,1H3/b5-2+/t10-,12-. The maximum Gasteiger partial charge on any atom is 0.391 e. The number of nitrogen functional groups attached to an aromatic ring is 1. The molecule has 2 N–H and O–H groups in total. The highest BCUT2D eigenvalue weighted by atomic mass is 19.4. The minimum atomic E-state index is -4.09. The van der Waals surface area contributed by atoms with Gasteiger partial charge in [0.1, 0.15) is 6.07 Å². The quantitative estimate of drug-likeness (QED) is 0.914. The molecular formula is C16H18F3N3O. The van der Waals surface area contributed by atoms with Gasteiger partial charge in [0.15, 0.2) is 5.69 Å². The second kappa shape index (κ2) is 6.90. The fourth-order valence-electron chi connectivity index (χ4n) is 2.78. The number of anilines is 1. The fraction of sp³-hybridized carbons (Fsp3) is 0.500. The van der Waals surface area contributed by atoms with Crippen molar-refractivity contribution in [2.24, 2.45) is 11.8 Å². The average molecular weight is 325 g/mol. The van der Waals surface area contributed by atoms with Crippen molar-refractivity contribution >= 4 is 11.8 Å². The van der Waals surface area contributed by atoms with E-state index in [9.17, 15) is 13.2 Å². The molecule has 0 atom stereocenters. The third-order valence-corrected chi connectivity index (χ3v) is 4.13. The molecule has 0 amide bonds. The Balaban J connectivity index is 2.07. The summed E-state index contributed by atoms with van der Waals surface area (Å²) >= 11 is 0. The largest absolute Gasteiger partial charge is 0.481 e. The van der Waals surface area contributed by atoms with Crippen LogP contribution in [0.2, 0.25) is 0 Å². The fourth-order valence-corrected chi connectivity index (χ4v) is 2.78. The van der Waals surface area contributed by atoms with E-state index in [0.717, 1.165) is 0 Å². The summed E-state index contributed by atoms with van der Waals surface area (Å²) in [7, 11) is 1.44. The zero-order valence-electron chi connectivity index (χ0n) is 12.7. The van der Waals surface area contributed by atoms with Crippen molar-refractivity contribution < 1.29 is 17.9 Å². The number of allylic oxidation sites excluding steroid dienone is 1. The predicted octanol–water partition coefficient (Wildman–Crippen LogP) is 3.93. The highest BCUT2D eigenvalue weighted by Crippen LogP contribution is 2.40. The number of hydrogen-bond acceptors (Lipinski definition) is 4. The number of aromatic nitrogens is 1. The lowest BCUT2D eigenvalue weighted by atomic mass is 9.81. The molecule has 1 aliphatic carbocycles. The molecule has 1 aromatic rings. The lowest BCUT2D eigenvalue weighted by Gasteiger charge is -2.28. The topological polar surface area (TPSA) is 71.9 Å². The van der Waals surface area contributed by atoms with Gasteiger partial charge in [0.2, 0.25) is 5.88 Å². The normalized spacial score (nSPS) is 22.0. The van der Waals surface area contributed by atoms with Crippen LogP contribution in [0.4, 0.5) is 18.9 Å². The molecule has 4 nitrogen and oxygen atoms in total. The Kier molecular flexibility index (Phi) is 5.14. The lowest BCUT2D eigenvalue weighted by Crippen LogP contribution is -2.27. The molecule has 0 unspecified atom stereocenters. The summed E-state index contributed by atoms with van der Waals surface area (Å²) < 4.78 is 43.1. The smallest absolute Gasteiger partial charge is 0.391 e. The molecule has 0 spiro atoms. The van der Waals surface area contributed by atoms with Crippen LogP contribution in [0.5, 0.6) is 5.88 Å². The zero-order chi connectivity index (χ0) is 17.0. The summed E-state index contributed by atoms with van der Waals surface area (Å²) in [5, 5.41) is 8.90. The van der Waals surface area contributed by atoms with E-state index >= 15 is 0 Å². The minimum Gasteiger partial charge on any atom is -0.481 e. The molecule has 0 aliphatic heterocycles. The molecule has 23 heavy (non-hydrogen) atoms. The van der Waals surface area contributed by atoms with E-state index in [-0.39, 0.29) is 36.0 Å². The van der Waals surface area contributed by atoms with Crippen molar-refractivity contribution in [3.05, 3.63) is 23.4 Å². The lowest BCUT2D eigenvalue weighted by molar-refractivity contribution is -0.183. The van der Waals surface area contributed by atoms with E-state index in [2.05, 4.69) is 4.98 Å². The molecule has 1 aromatic heterocycles. The number of alkyl halides is 3. The van der Waals surface area contributed by atoms with Crippen LogP contribution in [-0.4, -0.2) is 18.3 Å². The number of rotatable bonds is 3. The van der Waals surface area contributed by atoms with Crippen LogP contribution in [-0.2, 0) is 0 Å². The summed E-state index contributed by atoms with van der Waals surface area (Å²) in [4.78, 5) is 4.01. The first-order valence-corrected chi connectivity index (χ1v) is 7.34. The summed E-state index contributed by atoms with van der Waals surface area (Å²) in [5.74, 6) is -0.819. The average Bonchev–Trinajstić information content (AvgIpc) is 2.52. The molecule has 1 heterocycles. The molecule has 0 aromatic carbocycles. The molecule has 0 saturated heterocycles. The van der Waals surface area contributed by atoms with Crippen molar-refractivity contribution in [2.45, 2.75) is 31.9 Å². The van der Waals surface area contributed by atoms with Crippen LogP contribution >= 0.6 is 0 Å². The van der Waals surface area contributed by atoms with E-state index in [1.165, 1.54) is 7.11 Å². The molecular weight excluding hydrogens is 307 g/mol. The Labute approximate surface area is 132 Å². The molecule has 2 rings (SSSR count). The van der Waals surface area contributed by atoms with Crippen molar-refractivity contribution in [2.75, 3.05) is 12.8 Å². The molecule has 0 radical (unpaired) electrons. The first-order chi connectivity index (χ1) is 10.8. The number of nitrogens with two attached hydrogens (primary N) is 1. The van der Waals surface area contributed by atoms with Crippen LogP contribution in [0, 0.1) is 23.2 Å². The highest BCUT2D eigenvalue weighted by molar-refractivity contribution is 5.63. The van der Waals surface area contributed by atoms with Gasteiger partial charge in [-0.1, -0.05) is 12.2 Å². The number of nitriles is 1. The monoisotopic (exact) mass is 325 g/mol. The summed E-state index contributed by atoms with van der Waals surface area (Å²) in [6.07, 6.45) is 0.847. The van der Waals surface area contributed by atoms with Gasteiger partial charge < -0.3 is 10.5 Å². The first-order valence-electron chi connectivity index (χ1n) is 7.34. The van der Waals surface area contributed by atoms with Crippen molar-refractivity contribution in [3.63, 3.8) is 0 Å². The van der Waals surface area contributed by atoms with Gasteiger partial charge in [-0.05, 0) is 37.7 Å². The number of halogens is 3. The van der Waals surface area contributed by atoms with Gasteiger partial charge in [0.05, 0.1) is 18.7 Å². The van der Waals surface area contributed by atoms with E-state index in [0.29, 0.717) is 18.4 Å². The zero-order valence-corrected chi connectivity index (χ0v) is 12.7. The van der Waals surface area contributed by atoms with E-state index in [1.54, 1.807) is 12.1 Å². The maximum atomic E-state index is 12.7. The summed E-state index contributed by atoms with van der Waals surface area (Å²) in [5.41, 5.74) is 6.68. The second-order valence-corrected chi connectivity index (χ2v) is 5.65. The minimum absolute atomic E-state index is 0.0877. The van der Waals surface area contributed by atoms with E-state index in [4.69, 9.17) is 15.7 Å². The molecule has 124 valence electrons. The second-order valence-electron chi connectivity index (χ2n) is 5.65. The maximum absolute atomic E-state index is 12.7. The number of ether oxygens (including phenoxy) is 1. The summed E-state index contributed by atoms with van der Waals surface area (Å²) in [6, 6.07) is 3.46. The van der Waals surface area contributed by atoms with Crippen LogP contribution in [0.3, 0.4) is 0 Å². The van der Waals surface area contributed by atoms with Crippen molar-refractivity contribution in [3.8, 4) is 11.9 Å². The Bertz CT molecular complexity index is 627. The first kappa shape index (κ1) is 17.1. The molecule has 7 heteroatoms. The predicted molar refractivity (Wildman–Crippen MR) is 80.5 cm³/mol. The van der Waals surface area contributed by atoms with Gasteiger partial charge >= 0.3 is 6.18 Å². The van der Waals surface area contributed by atoms with Crippen LogP contribution < -0.4 is 10.5 Å². The number of methoxy groups -OCH3 is 1. The molecule has 1 fully saturated rings. The van der Waals surface area contributed by atoms with Crippen LogP contribution in [0.15, 0.2) is 12.1 Å². The Morgan fingerprint density at radius 1 is 1.35 bits per heavy atom. The Morgan fingerprint density at radius 3 is 2.52 bits per heavy atom. The molecule has 1 aliphatic rings. The third kappa shape index (κ3) is 4.15. The Hall–Kier alpha value is -2.23. The van der Waals surface area contributed by atoms with Crippen molar-refractivity contribution in [1.29, 1.82) is 5.26 Å². The Morgan fingerprint density at radius 2 is 2.00 bits per heavy atom. The highest BCUT2D eigenvalue weighted by Gasteiger charge is 2.40. The number of pyridine rings is 1. The van der Waals surface area contributed by atoms with E-state index in [1.807, 2.05) is 12.1 Å². The van der Waals surface area contributed by atoms with Gasteiger partial charge in [-0.3, -0.25) is 0 Å². The SMILES string of the molecule is COc1nc(C#N)c(N)cc1/C=C/[C@H]1CC[C@H](C(F)(F)F)CC1. The van der Waals surface area contributed by atoms with Crippen LogP contribution in [0.1, 0.15) is 36.9 Å². The van der Waals surface area contributed by atoms with Gasteiger partial charge in [0.25, 0.3) is 0 Å². The van der Waals surface area contributed by atoms with E-state index < -0.39 is 12.1 Å². The van der Waals surface area contributed by atoms with Crippen molar-refractivity contribution in [1.82, 2.24) is 4.98 Å². The van der Waals surface area contributed by atoms with Gasteiger partial charge in [-0.25, -0.2) is 0 Å². The van der Waals surface area contributed by atoms with Crippen LogP contribution in [0.25, 0.3) is 6.08 Å². The molecule has 0 bridgehead atoms. The number of hydrogen-bond donors (Lipinski definition) is 1. The summed E-state index contributed by atoms with van der Waals surface area (Å²) in [6.45, 7) is 0. The third-order valence-electron chi connectivity index (χ3n) is 4.13.